The van der Waals surface area contributed by atoms with E-state index in [1.54, 1.807) is 10.7 Å². The standard InChI is InChI=1S/C10H18N2O/c1-4-5-12-10(13)7-9(11-12)6-8(2)3/h7-8,13H,4-6H2,1-3H3. The van der Waals surface area contributed by atoms with Gasteiger partial charge in [-0.15, -0.1) is 0 Å². The fourth-order valence-electron chi connectivity index (χ4n) is 1.35. The smallest absolute Gasteiger partial charge is 0.209 e. The minimum absolute atomic E-state index is 0.289. The second-order valence-electron chi connectivity index (χ2n) is 3.81. The molecule has 0 spiro atoms. The first kappa shape index (κ1) is 10.1. The molecule has 0 saturated heterocycles. The molecule has 0 aliphatic heterocycles. The summed E-state index contributed by atoms with van der Waals surface area (Å²) in [5.41, 5.74) is 0.987. The van der Waals surface area contributed by atoms with Crippen LogP contribution in [0, 0.1) is 5.92 Å². The average molecular weight is 182 g/mol. The molecule has 1 aromatic rings. The van der Waals surface area contributed by atoms with Crippen molar-refractivity contribution in [3.8, 4) is 5.88 Å². The van der Waals surface area contributed by atoms with Gasteiger partial charge in [0.05, 0.1) is 5.69 Å². The molecule has 0 fully saturated rings. The van der Waals surface area contributed by atoms with Crippen molar-refractivity contribution in [1.29, 1.82) is 0 Å². The molecule has 13 heavy (non-hydrogen) atoms. The first-order valence-corrected chi connectivity index (χ1v) is 4.89. The predicted molar refractivity (Wildman–Crippen MR) is 52.7 cm³/mol. The highest BCUT2D eigenvalue weighted by molar-refractivity contribution is 5.14. The van der Waals surface area contributed by atoms with Crippen molar-refractivity contribution in [2.45, 2.75) is 40.2 Å². The minimum atomic E-state index is 0.289. The third kappa shape index (κ3) is 2.76. The van der Waals surface area contributed by atoms with Crippen molar-refractivity contribution in [2.75, 3.05) is 0 Å². The van der Waals surface area contributed by atoms with Gasteiger partial charge in [-0.05, 0) is 18.8 Å². The maximum Gasteiger partial charge on any atom is 0.209 e. The monoisotopic (exact) mass is 182 g/mol. The summed E-state index contributed by atoms with van der Waals surface area (Å²) in [7, 11) is 0. The lowest BCUT2D eigenvalue weighted by atomic mass is 10.1. The highest BCUT2D eigenvalue weighted by Gasteiger charge is 2.06. The second-order valence-corrected chi connectivity index (χ2v) is 3.81. The highest BCUT2D eigenvalue weighted by atomic mass is 16.3. The number of rotatable bonds is 4. The van der Waals surface area contributed by atoms with Gasteiger partial charge < -0.3 is 5.11 Å². The number of hydrogen-bond acceptors (Lipinski definition) is 2. The van der Waals surface area contributed by atoms with Crippen LogP contribution in [-0.2, 0) is 13.0 Å². The fraction of sp³-hybridized carbons (Fsp3) is 0.700. The van der Waals surface area contributed by atoms with E-state index in [2.05, 4.69) is 25.9 Å². The molecule has 0 bridgehead atoms. The molecule has 0 saturated carbocycles. The molecule has 74 valence electrons. The largest absolute Gasteiger partial charge is 0.493 e. The number of aromatic nitrogens is 2. The van der Waals surface area contributed by atoms with Crippen LogP contribution < -0.4 is 0 Å². The Morgan fingerprint density at radius 3 is 2.77 bits per heavy atom. The zero-order chi connectivity index (χ0) is 9.84. The van der Waals surface area contributed by atoms with Crippen LogP contribution in [0.1, 0.15) is 32.9 Å². The van der Waals surface area contributed by atoms with Gasteiger partial charge in [-0.25, -0.2) is 4.68 Å². The molecule has 1 aromatic heterocycles. The molecule has 0 aliphatic carbocycles. The van der Waals surface area contributed by atoms with Gasteiger partial charge in [-0.3, -0.25) is 0 Å². The van der Waals surface area contributed by atoms with Crippen LogP contribution in [0.25, 0.3) is 0 Å². The van der Waals surface area contributed by atoms with E-state index in [-0.39, 0.29) is 5.88 Å². The van der Waals surface area contributed by atoms with Crippen molar-refractivity contribution in [3.05, 3.63) is 11.8 Å². The molecule has 1 N–H and O–H groups in total. The van der Waals surface area contributed by atoms with Gasteiger partial charge >= 0.3 is 0 Å². The van der Waals surface area contributed by atoms with Crippen molar-refractivity contribution in [3.63, 3.8) is 0 Å². The maximum atomic E-state index is 9.48. The highest BCUT2D eigenvalue weighted by Crippen LogP contribution is 2.14. The summed E-state index contributed by atoms with van der Waals surface area (Å²) in [4.78, 5) is 0. The van der Waals surface area contributed by atoms with Crippen molar-refractivity contribution >= 4 is 0 Å². The van der Waals surface area contributed by atoms with Crippen LogP contribution in [0.15, 0.2) is 6.07 Å². The molecule has 0 aromatic carbocycles. The van der Waals surface area contributed by atoms with E-state index in [1.807, 2.05) is 0 Å². The van der Waals surface area contributed by atoms with E-state index in [4.69, 9.17) is 0 Å². The summed E-state index contributed by atoms with van der Waals surface area (Å²) in [6.07, 6.45) is 1.93. The normalized spacial score (nSPS) is 11.1. The molecule has 3 nitrogen and oxygen atoms in total. The van der Waals surface area contributed by atoms with Crippen LogP contribution in [-0.4, -0.2) is 14.9 Å². The summed E-state index contributed by atoms with van der Waals surface area (Å²) in [6, 6.07) is 1.76. The SMILES string of the molecule is CCCn1nc(CC(C)C)cc1O. The summed E-state index contributed by atoms with van der Waals surface area (Å²) < 4.78 is 1.66. The van der Waals surface area contributed by atoms with Crippen molar-refractivity contribution in [2.24, 2.45) is 5.92 Å². The van der Waals surface area contributed by atoms with E-state index in [1.165, 1.54) is 0 Å². The average Bonchev–Trinajstić information content (AvgIpc) is 2.31. The Balaban J connectivity index is 2.70. The van der Waals surface area contributed by atoms with E-state index >= 15 is 0 Å². The van der Waals surface area contributed by atoms with Gasteiger partial charge in [0.2, 0.25) is 5.88 Å². The van der Waals surface area contributed by atoms with Gasteiger partial charge in [-0.1, -0.05) is 20.8 Å². The Morgan fingerprint density at radius 1 is 1.54 bits per heavy atom. The Morgan fingerprint density at radius 2 is 2.23 bits per heavy atom. The fourth-order valence-corrected chi connectivity index (χ4v) is 1.35. The Bertz CT molecular complexity index is 266. The Kier molecular flexibility index (Phi) is 3.34. The quantitative estimate of drug-likeness (QED) is 0.775. The predicted octanol–water partition coefficient (Wildman–Crippen LogP) is 2.20. The molecule has 1 heterocycles. The summed E-state index contributed by atoms with van der Waals surface area (Å²) in [5, 5.41) is 13.8. The van der Waals surface area contributed by atoms with Crippen LogP contribution in [0.4, 0.5) is 0 Å². The molecule has 0 aliphatic rings. The third-order valence-electron chi connectivity index (χ3n) is 1.86. The van der Waals surface area contributed by atoms with E-state index < -0.39 is 0 Å². The summed E-state index contributed by atoms with van der Waals surface area (Å²) in [5.74, 6) is 0.877. The lowest BCUT2D eigenvalue weighted by Crippen LogP contribution is -2.00. The minimum Gasteiger partial charge on any atom is -0.493 e. The lowest BCUT2D eigenvalue weighted by Gasteiger charge is -2.00. The van der Waals surface area contributed by atoms with Gasteiger partial charge in [0.1, 0.15) is 0 Å². The van der Waals surface area contributed by atoms with Crippen LogP contribution in [0.3, 0.4) is 0 Å². The molecular weight excluding hydrogens is 164 g/mol. The van der Waals surface area contributed by atoms with E-state index in [0.717, 1.165) is 25.1 Å². The van der Waals surface area contributed by atoms with E-state index in [0.29, 0.717) is 5.92 Å². The first-order valence-electron chi connectivity index (χ1n) is 4.89. The first-order chi connectivity index (χ1) is 6.13. The Labute approximate surface area is 79.4 Å². The van der Waals surface area contributed by atoms with Crippen molar-refractivity contribution < 1.29 is 5.11 Å². The third-order valence-corrected chi connectivity index (χ3v) is 1.86. The molecule has 0 amide bonds. The van der Waals surface area contributed by atoms with Gasteiger partial charge in [0.25, 0.3) is 0 Å². The van der Waals surface area contributed by atoms with Gasteiger partial charge in [-0.2, -0.15) is 5.10 Å². The lowest BCUT2D eigenvalue weighted by molar-refractivity contribution is 0.396. The summed E-state index contributed by atoms with van der Waals surface area (Å²) in [6.45, 7) is 7.17. The molecule has 3 heteroatoms. The van der Waals surface area contributed by atoms with Crippen LogP contribution >= 0.6 is 0 Å². The molecule has 0 unspecified atom stereocenters. The van der Waals surface area contributed by atoms with Crippen molar-refractivity contribution in [1.82, 2.24) is 9.78 Å². The molecule has 0 radical (unpaired) electrons. The molecular formula is C10H18N2O. The van der Waals surface area contributed by atoms with Crippen LogP contribution in [0.2, 0.25) is 0 Å². The zero-order valence-electron chi connectivity index (χ0n) is 8.62. The molecule has 1 rings (SSSR count). The van der Waals surface area contributed by atoms with E-state index in [9.17, 15) is 5.11 Å². The molecule has 0 atom stereocenters. The number of nitrogens with zero attached hydrogens (tertiary/aromatic N) is 2. The number of hydrogen-bond donors (Lipinski definition) is 1. The van der Waals surface area contributed by atoms with Gasteiger partial charge in [0.15, 0.2) is 0 Å². The van der Waals surface area contributed by atoms with Crippen LogP contribution in [0.5, 0.6) is 5.88 Å². The topological polar surface area (TPSA) is 38.0 Å². The maximum absolute atomic E-state index is 9.48. The zero-order valence-corrected chi connectivity index (χ0v) is 8.62. The van der Waals surface area contributed by atoms with Gasteiger partial charge in [0, 0.05) is 12.6 Å². The Hall–Kier alpha value is -0.990. The second kappa shape index (κ2) is 4.30. The summed E-state index contributed by atoms with van der Waals surface area (Å²) >= 11 is 0. The number of aryl methyl sites for hydroxylation is 1. The number of aromatic hydroxyl groups is 1.